The lowest BCUT2D eigenvalue weighted by Gasteiger charge is -2.31. The number of aryl methyl sites for hydroxylation is 1. The number of aromatic nitrogens is 1. The fourth-order valence-electron chi connectivity index (χ4n) is 2.96. The highest BCUT2D eigenvalue weighted by Crippen LogP contribution is 2.32. The average molecular weight is 357 g/mol. The lowest BCUT2D eigenvalue weighted by Crippen LogP contribution is -2.37. The molecule has 0 N–H and O–H groups in total. The number of ether oxygens (including phenoxy) is 1. The molecule has 1 unspecified atom stereocenters. The zero-order valence-electron chi connectivity index (χ0n) is 13.6. The summed E-state index contributed by atoms with van der Waals surface area (Å²) in [5, 5.41) is 3.24. The second kappa shape index (κ2) is 7.15. The van der Waals surface area contributed by atoms with Crippen LogP contribution in [0.15, 0.2) is 47.8 Å². The van der Waals surface area contributed by atoms with Gasteiger partial charge in [0.1, 0.15) is 11.1 Å². The smallest absolute Gasteiger partial charge is 0.124 e. The van der Waals surface area contributed by atoms with Crippen molar-refractivity contribution in [3.63, 3.8) is 0 Å². The second-order valence-corrected chi connectivity index (χ2v) is 8.24. The number of nitrogens with zero attached hydrogens (tertiary/aromatic N) is 2. The van der Waals surface area contributed by atoms with Crippen LogP contribution in [0.25, 0.3) is 10.6 Å². The highest BCUT2D eigenvalue weighted by molar-refractivity contribution is 7.16. The molecule has 3 aromatic rings. The van der Waals surface area contributed by atoms with Crippen molar-refractivity contribution in [1.29, 1.82) is 0 Å². The number of rotatable bonds is 4. The maximum atomic E-state index is 6.00. The van der Waals surface area contributed by atoms with E-state index in [4.69, 9.17) is 9.72 Å². The molecule has 1 saturated heterocycles. The Bertz CT molecular complexity index is 797. The first kappa shape index (κ1) is 16.0. The van der Waals surface area contributed by atoms with Crippen LogP contribution in [0.3, 0.4) is 0 Å². The Balaban J connectivity index is 1.45. The first-order chi connectivity index (χ1) is 11.8. The van der Waals surface area contributed by atoms with Gasteiger partial charge in [0.15, 0.2) is 0 Å². The summed E-state index contributed by atoms with van der Waals surface area (Å²) < 4.78 is 6.00. The van der Waals surface area contributed by atoms with Gasteiger partial charge in [0, 0.05) is 29.9 Å². The van der Waals surface area contributed by atoms with Crippen LogP contribution in [0.4, 0.5) is 0 Å². The SMILES string of the molecule is Cc1ccc(-c2csc(C3CN(Cc4ccccc4)CCO3)n2)s1. The van der Waals surface area contributed by atoms with Gasteiger partial charge in [-0.3, -0.25) is 4.90 Å². The van der Waals surface area contributed by atoms with Gasteiger partial charge in [0.2, 0.25) is 0 Å². The van der Waals surface area contributed by atoms with Crippen molar-refractivity contribution < 1.29 is 4.74 Å². The largest absolute Gasteiger partial charge is 0.368 e. The number of thiazole rings is 1. The van der Waals surface area contributed by atoms with Crippen molar-refractivity contribution in [2.24, 2.45) is 0 Å². The molecule has 1 aromatic carbocycles. The predicted molar refractivity (Wildman–Crippen MR) is 101 cm³/mol. The summed E-state index contributed by atoms with van der Waals surface area (Å²) in [6.07, 6.45) is 0.0854. The molecule has 1 atom stereocenters. The molecule has 3 heterocycles. The van der Waals surface area contributed by atoms with Crippen molar-refractivity contribution in [2.45, 2.75) is 19.6 Å². The maximum absolute atomic E-state index is 6.00. The highest BCUT2D eigenvalue weighted by atomic mass is 32.1. The van der Waals surface area contributed by atoms with Crippen molar-refractivity contribution in [3.8, 4) is 10.6 Å². The summed E-state index contributed by atoms with van der Waals surface area (Å²) in [6.45, 7) is 5.76. The van der Waals surface area contributed by atoms with Crippen LogP contribution in [0.2, 0.25) is 0 Å². The van der Waals surface area contributed by atoms with Crippen molar-refractivity contribution in [2.75, 3.05) is 19.7 Å². The summed E-state index contributed by atoms with van der Waals surface area (Å²) in [5.41, 5.74) is 2.43. The Kier molecular flexibility index (Phi) is 4.76. The Hall–Kier alpha value is -1.53. The van der Waals surface area contributed by atoms with E-state index in [9.17, 15) is 0 Å². The van der Waals surface area contributed by atoms with E-state index in [2.05, 4.69) is 59.7 Å². The molecule has 1 fully saturated rings. The van der Waals surface area contributed by atoms with Crippen LogP contribution >= 0.6 is 22.7 Å². The predicted octanol–water partition coefficient (Wildman–Crippen LogP) is 4.75. The quantitative estimate of drug-likeness (QED) is 0.674. The molecule has 1 aliphatic heterocycles. The van der Waals surface area contributed by atoms with Crippen LogP contribution in [-0.4, -0.2) is 29.6 Å². The molecule has 124 valence electrons. The van der Waals surface area contributed by atoms with Gasteiger partial charge in [-0.15, -0.1) is 22.7 Å². The lowest BCUT2D eigenvalue weighted by molar-refractivity contribution is -0.0329. The molecule has 0 bridgehead atoms. The summed E-state index contributed by atoms with van der Waals surface area (Å²) in [4.78, 5) is 9.86. The standard InChI is InChI=1S/C19H20N2OS2/c1-14-7-8-18(24-14)16-13-23-19(20-16)17-12-21(9-10-22-17)11-15-5-3-2-4-6-15/h2-8,13,17H,9-12H2,1H3. The van der Waals surface area contributed by atoms with E-state index < -0.39 is 0 Å². The fraction of sp³-hybridized carbons (Fsp3) is 0.316. The molecule has 24 heavy (non-hydrogen) atoms. The average Bonchev–Trinajstić information content (AvgIpc) is 3.25. The van der Waals surface area contributed by atoms with Gasteiger partial charge in [0.25, 0.3) is 0 Å². The third-order valence-corrected chi connectivity index (χ3v) is 6.15. The maximum Gasteiger partial charge on any atom is 0.124 e. The van der Waals surface area contributed by atoms with Gasteiger partial charge < -0.3 is 4.74 Å². The third kappa shape index (κ3) is 3.59. The molecule has 2 aromatic heterocycles. The molecule has 0 radical (unpaired) electrons. The highest BCUT2D eigenvalue weighted by Gasteiger charge is 2.24. The summed E-state index contributed by atoms with van der Waals surface area (Å²) in [7, 11) is 0. The van der Waals surface area contributed by atoms with Crippen LogP contribution in [0.1, 0.15) is 21.6 Å². The van der Waals surface area contributed by atoms with Gasteiger partial charge in [-0.25, -0.2) is 4.98 Å². The number of thiophene rings is 1. The van der Waals surface area contributed by atoms with E-state index in [0.717, 1.165) is 36.9 Å². The Morgan fingerprint density at radius 1 is 1.21 bits per heavy atom. The number of hydrogen-bond donors (Lipinski definition) is 0. The monoisotopic (exact) mass is 356 g/mol. The number of hydrogen-bond acceptors (Lipinski definition) is 5. The molecule has 4 rings (SSSR count). The van der Waals surface area contributed by atoms with E-state index in [1.165, 1.54) is 15.3 Å². The van der Waals surface area contributed by atoms with Crippen LogP contribution in [0, 0.1) is 6.92 Å². The minimum atomic E-state index is 0.0854. The molecule has 3 nitrogen and oxygen atoms in total. The number of morpholine rings is 1. The molecular weight excluding hydrogens is 336 g/mol. The van der Waals surface area contributed by atoms with Crippen molar-refractivity contribution >= 4 is 22.7 Å². The molecule has 0 spiro atoms. The first-order valence-electron chi connectivity index (χ1n) is 8.18. The number of benzene rings is 1. The van der Waals surface area contributed by atoms with Gasteiger partial charge in [-0.05, 0) is 24.6 Å². The lowest BCUT2D eigenvalue weighted by atomic mass is 10.2. The van der Waals surface area contributed by atoms with Gasteiger partial charge >= 0.3 is 0 Å². The fourth-order valence-corrected chi connectivity index (χ4v) is 4.72. The van der Waals surface area contributed by atoms with Gasteiger partial charge in [-0.1, -0.05) is 30.3 Å². The zero-order valence-corrected chi connectivity index (χ0v) is 15.3. The molecular formula is C19H20N2OS2. The molecule has 1 aliphatic rings. The summed E-state index contributed by atoms with van der Waals surface area (Å²) >= 11 is 3.51. The van der Waals surface area contributed by atoms with E-state index in [1.807, 2.05) is 0 Å². The topological polar surface area (TPSA) is 25.4 Å². The Morgan fingerprint density at radius 2 is 2.08 bits per heavy atom. The van der Waals surface area contributed by atoms with Crippen molar-refractivity contribution in [3.05, 3.63) is 63.3 Å². The third-order valence-electron chi connectivity index (χ3n) is 4.19. The Labute approximate surface area is 150 Å². The minimum absolute atomic E-state index is 0.0854. The van der Waals surface area contributed by atoms with E-state index >= 15 is 0 Å². The van der Waals surface area contributed by atoms with Crippen LogP contribution < -0.4 is 0 Å². The summed E-state index contributed by atoms with van der Waals surface area (Å²) in [6, 6.07) is 14.9. The molecule has 0 aliphatic carbocycles. The van der Waals surface area contributed by atoms with Gasteiger partial charge in [0.05, 0.1) is 17.2 Å². The molecule has 0 amide bonds. The first-order valence-corrected chi connectivity index (χ1v) is 9.88. The van der Waals surface area contributed by atoms with Gasteiger partial charge in [-0.2, -0.15) is 0 Å². The van der Waals surface area contributed by atoms with Crippen LogP contribution in [-0.2, 0) is 11.3 Å². The van der Waals surface area contributed by atoms with Crippen LogP contribution in [0.5, 0.6) is 0 Å². The molecule has 0 saturated carbocycles. The van der Waals surface area contributed by atoms with E-state index in [-0.39, 0.29) is 6.10 Å². The van der Waals surface area contributed by atoms with E-state index in [1.54, 1.807) is 22.7 Å². The van der Waals surface area contributed by atoms with Crippen molar-refractivity contribution in [1.82, 2.24) is 9.88 Å². The molecule has 5 heteroatoms. The normalized spacial score (nSPS) is 18.8. The zero-order chi connectivity index (χ0) is 16.4. The minimum Gasteiger partial charge on any atom is -0.368 e. The Morgan fingerprint density at radius 3 is 2.88 bits per heavy atom. The van der Waals surface area contributed by atoms with E-state index in [0.29, 0.717) is 0 Å². The summed E-state index contributed by atoms with van der Waals surface area (Å²) in [5.74, 6) is 0. The second-order valence-electron chi connectivity index (χ2n) is 6.06.